The Morgan fingerprint density at radius 2 is 1.94 bits per heavy atom. The molecule has 2 aromatic rings. The number of hydrogen-bond donors (Lipinski definition) is 4. The molecule has 0 spiro atoms. The summed E-state index contributed by atoms with van der Waals surface area (Å²) in [6, 6.07) is 3.25. The first kappa shape index (κ1) is 26.3. The largest absolute Gasteiger partial charge is 0.418 e. The van der Waals surface area contributed by atoms with Crippen LogP contribution in [0.25, 0.3) is 0 Å². The highest BCUT2D eigenvalue weighted by Crippen LogP contribution is 2.38. The van der Waals surface area contributed by atoms with Crippen LogP contribution in [-0.4, -0.2) is 28.6 Å². The van der Waals surface area contributed by atoms with Gasteiger partial charge in [-0.15, -0.1) is 0 Å². The number of para-hydroxylation sites is 1. The van der Waals surface area contributed by atoms with Crippen LogP contribution in [0.4, 0.5) is 33.3 Å². The molecule has 0 unspecified atom stereocenters. The van der Waals surface area contributed by atoms with Crippen LogP contribution in [0.2, 0.25) is 0 Å². The van der Waals surface area contributed by atoms with Crippen LogP contribution in [0.15, 0.2) is 60.0 Å². The minimum Gasteiger partial charge on any atom is -0.404 e. The van der Waals surface area contributed by atoms with Gasteiger partial charge in [0.05, 0.1) is 40.9 Å². The van der Waals surface area contributed by atoms with E-state index in [0.29, 0.717) is 18.9 Å². The quantitative estimate of drug-likeness (QED) is 0.235. The van der Waals surface area contributed by atoms with Crippen molar-refractivity contribution >= 4 is 29.4 Å². The molecule has 0 bridgehead atoms. The molecule has 3 rings (SSSR count). The average Bonchev–Trinajstić information content (AvgIpc) is 3.60. The van der Waals surface area contributed by atoms with Crippen LogP contribution in [0.5, 0.6) is 0 Å². The first-order chi connectivity index (χ1) is 17.0. The topological polar surface area (TPSA) is 121 Å². The van der Waals surface area contributed by atoms with E-state index < -0.39 is 46.4 Å². The second kappa shape index (κ2) is 10.5. The monoisotopic (exact) mass is 508 g/mol. The number of halogens is 5. The summed E-state index contributed by atoms with van der Waals surface area (Å²) in [5, 5.41) is 7.23. The van der Waals surface area contributed by atoms with Gasteiger partial charge in [-0.2, -0.15) is 13.2 Å². The van der Waals surface area contributed by atoms with Gasteiger partial charge in [0.1, 0.15) is 17.2 Å². The maximum Gasteiger partial charge on any atom is 0.418 e. The van der Waals surface area contributed by atoms with Gasteiger partial charge in [-0.3, -0.25) is 19.6 Å². The highest BCUT2D eigenvalue weighted by Gasteiger charge is 2.51. The van der Waals surface area contributed by atoms with Crippen LogP contribution in [0, 0.1) is 11.6 Å². The lowest BCUT2D eigenvalue weighted by molar-refractivity contribution is -0.137. The number of aromatic nitrogens is 1. The van der Waals surface area contributed by atoms with E-state index in [4.69, 9.17) is 5.73 Å². The molecule has 8 nitrogen and oxygen atoms in total. The zero-order chi connectivity index (χ0) is 26.5. The van der Waals surface area contributed by atoms with Crippen molar-refractivity contribution in [2.24, 2.45) is 10.7 Å². The van der Waals surface area contributed by atoms with Crippen molar-refractivity contribution in [1.82, 2.24) is 15.6 Å². The zero-order valence-corrected chi connectivity index (χ0v) is 18.6. The smallest absolute Gasteiger partial charge is 0.404 e. The average molecular weight is 508 g/mol. The van der Waals surface area contributed by atoms with E-state index in [-0.39, 0.29) is 23.5 Å². The molecule has 1 fully saturated rings. The third-order valence-corrected chi connectivity index (χ3v) is 5.22. The molecule has 13 heteroatoms. The highest BCUT2D eigenvalue weighted by atomic mass is 19.4. The maximum atomic E-state index is 14.5. The van der Waals surface area contributed by atoms with Gasteiger partial charge < -0.3 is 21.7 Å². The Morgan fingerprint density at radius 3 is 2.53 bits per heavy atom. The SMILES string of the molecule is C=CN=C/C(=C\N)C(=O)NC1(C(=O)NCc2ncc(Nc3c(F)cccc3C(F)(F)F)cc2F)CC1. The van der Waals surface area contributed by atoms with Crippen LogP contribution in [-0.2, 0) is 22.3 Å². The number of nitrogens with zero attached hydrogens (tertiary/aromatic N) is 2. The molecular formula is C23H21F5N6O2. The van der Waals surface area contributed by atoms with Crippen LogP contribution >= 0.6 is 0 Å². The van der Waals surface area contributed by atoms with E-state index in [9.17, 15) is 31.5 Å². The molecule has 1 aromatic heterocycles. The molecule has 5 N–H and O–H groups in total. The summed E-state index contributed by atoms with van der Waals surface area (Å²) in [6.07, 6.45) is 0.226. The van der Waals surface area contributed by atoms with Crippen molar-refractivity contribution in [3.8, 4) is 0 Å². The molecule has 0 atom stereocenters. The van der Waals surface area contributed by atoms with Gasteiger partial charge in [0.2, 0.25) is 5.91 Å². The number of amides is 2. The first-order valence-corrected chi connectivity index (χ1v) is 10.4. The normalized spacial score (nSPS) is 14.9. The molecule has 1 heterocycles. The molecule has 1 aliphatic rings. The summed E-state index contributed by atoms with van der Waals surface area (Å²) in [5.74, 6) is -3.35. The lowest BCUT2D eigenvalue weighted by Crippen LogP contribution is -2.49. The molecule has 0 saturated heterocycles. The summed E-state index contributed by atoms with van der Waals surface area (Å²) in [4.78, 5) is 32.4. The standard InChI is InChI=1S/C23H21F5N6O2/c1-2-30-10-13(9-29)20(35)34-22(6-7-22)21(36)32-12-18-17(25)8-14(11-31-18)33-19-15(23(26,27)28)4-3-5-16(19)24/h2-5,8-11,33H,1,6-7,12,29H2,(H,32,36)(H,34,35)/b13-9+,30-10?. The van der Waals surface area contributed by atoms with Crippen LogP contribution in [0.1, 0.15) is 24.1 Å². The van der Waals surface area contributed by atoms with Gasteiger partial charge in [-0.1, -0.05) is 12.6 Å². The lowest BCUT2D eigenvalue weighted by Gasteiger charge is -2.18. The van der Waals surface area contributed by atoms with Gasteiger partial charge in [0, 0.05) is 24.7 Å². The molecule has 1 aromatic carbocycles. The maximum absolute atomic E-state index is 14.5. The van der Waals surface area contributed by atoms with E-state index in [1.54, 1.807) is 0 Å². The van der Waals surface area contributed by atoms with E-state index in [1.807, 2.05) is 0 Å². The summed E-state index contributed by atoms with van der Waals surface area (Å²) in [7, 11) is 0. The molecule has 0 aliphatic heterocycles. The molecule has 36 heavy (non-hydrogen) atoms. The van der Waals surface area contributed by atoms with Gasteiger partial charge in [0.25, 0.3) is 5.91 Å². The van der Waals surface area contributed by atoms with E-state index in [0.717, 1.165) is 30.6 Å². The molecule has 1 aliphatic carbocycles. The number of benzene rings is 1. The van der Waals surface area contributed by atoms with Gasteiger partial charge in [-0.25, -0.2) is 8.78 Å². The van der Waals surface area contributed by atoms with Crippen molar-refractivity contribution in [2.45, 2.75) is 31.1 Å². The number of carbonyl (C=O) groups is 2. The predicted molar refractivity (Wildman–Crippen MR) is 122 cm³/mol. The number of anilines is 2. The minimum absolute atomic E-state index is 0.00769. The van der Waals surface area contributed by atoms with E-state index in [1.165, 1.54) is 12.4 Å². The van der Waals surface area contributed by atoms with Gasteiger partial charge >= 0.3 is 6.18 Å². The number of carbonyl (C=O) groups excluding carboxylic acids is 2. The number of nitrogens with one attached hydrogen (secondary N) is 3. The lowest BCUT2D eigenvalue weighted by atomic mass is 10.1. The zero-order valence-electron chi connectivity index (χ0n) is 18.6. The number of hydrogen-bond acceptors (Lipinski definition) is 6. The molecule has 0 radical (unpaired) electrons. The van der Waals surface area contributed by atoms with Crippen molar-refractivity contribution in [2.75, 3.05) is 5.32 Å². The van der Waals surface area contributed by atoms with Crippen molar-refractivity contribution in [1.29, 1.82) is 0 Å². The summed E-state index contributed by atoms with van der Waals surface area (Å²) < 4.78 is 68.1. The number of alkyl halides is 3. The fourth-order valence-corrected chi connectivity index (χ4v) is 3.16. The Kier molecular flexibility index (Phi) is 7.71. The number of aliphatic imine (C=N–C) groups is 1. The van der Waals surface area contributed by atoms with E-state index >= 15 is 0 Å². The summed E-state index contributed by atoms with van der Waals surface area (Å²) in [6.45, 7) is 3.01. The first-order valence-electron chi connectivity index (χ1n) is 10.4. The molecule has 190 valence electrons. The third-order valence-electron chi connectivity index (χ3n) is 5.22. The second-order valence-electron chi connectivity index (χ2n) is 7.74. The fourth-order valence-electron chi connectivity index (χ4n) is 3.16. The van der Waals surface area contributed by atoms with E-state index in [2.05, 4.69) is 32.5 Å². The Hall–Kier alpha value is -4.29. The predicted octanol–water partition coefficient (Wildman–Crippen LogP) is 3.44. The molecule has 2 amide bonds. The second-order valence-corrected chi connectivity index (χ2v) is 7.74. The van der Waals surface area contributed by atoms with Crippen LogP contribution < -0.4 is 21.7 Å². The van der Waals surface area contributed by atoms with Crippen LogP contribution in [0.3, 0.4) is 0 Å². The van der Waals surface area contributed by atoms with Crippen molar-refractivity contribution in [3.63, 3.8) is 0 Å². The Bertz CT molecular complexity index is 1240. The fraction of sp³-hybridized carbons (Fsp3) is 0.217. The summed E-state index contributed by atoms with van der Waals surface area (Å²) >= 11 is 0. The molecule has 1 saturated carbocycles. The third kappa shape index (κ3) is 6.03. The number of rotatable bonds is 9. The highest BCUT2D eigenvalue weighted by molar-refractivity contribution is 6.13. The van der Waals surface area contributed by atoms with Gasteiger partial charge in [-0.05, 0) is 25.0 Å². The molecular weight excluding hydrogens is 487 g/mol. The Labute approximate surface area is 202 Å². The van der Waals surface area contributed by atoms with Crippen molar-refractivity contribution in [3.05, 3.63) is 77.9 Å². The van der Waals surface area contributed by atoms with Gasteiger partial charge in [0.15, 0.2) is 0 Å². The Morgan fingerprint density at radius 1 is 1.22 bits per heavy atom. The Balaban J connectivity index is 1.66. The summed E-state index contributed by atoms with van der Waals surface area (Å²) in [5.41, 5.74) is 1.61. The number of nitrogens with two attached hydrogens (primary N) is 1. The minimum atomic E-state index is -4.84. The van der Waals surface area contributed by atoms with Crippen molar-refractivity contribution < 1.29 is 31.5 Å². The number of pyridine rings is 1.